The Labute approximate surface area is 136 Å². The molecule has 23 heavy (non-hydrogen) atoms. The van der Waals surface area contributed by atoms with Gasteiger partial charge in [-0.15, -0.1) is 0 Å². The minimum Gasteiger partial charge on any atom is -0.504 e. The van der Waals surface area contributed by atoms with Gasteiger partial charge in [0.15, 0.2) is 17.3 Å². The van der Waals surface area contributed by atoms with Crippen molar-refractivity contribution in [3.05, 3.63) is 41.3 Å². The number of nitrogens with zero attached hydrogens (tertiary/aromatic N) is 2. The minimum absolute atomic E-state index is 0.234. The predicted molar refractivity (Wildman–Crippen MR) is 87.5 cm³/mol. The fraction of sp³-hybridized carbons (Fsp3) is 0.500. The first-order valence-corrected chi connectivity index (χ1v) is 8.36. The van der Waals surface area contributed by atoms with Crippen molar-refractivity contribution >= 4 is 0 Å². The van der Waals surface area contributed by atoms with Crippen LogP contribution in [0.4, 0.5) is 0 Å². The Morgan fingerprint density at radius 2 is 2.26 bits per heavy atom. The van der Waals surface area contributed by atoms with Crippen LogP contribution >= 0.6 is 0 Å². The number of hydrogen-bond donors (Lipinski definition) is 1. The second-order valence-corrected chi connectivity index (χ2v) is 5.90. The zero-order valence-corrected chi connectivity index (χ0v) is 13.8. The molecule has 124 valence electrons. The SMILES string of the molecule is CCOc1cccc(CN2CCCC2c2cc(CC)no2)c1O. The van der Waals surface area contributed by atoms with Crippen LogP contribution in [0.2, 0.25) is 0 Å². The van der Waals surface area contributed by atoms with Crippen molar-refractivity contribution < 1.29 is 14.4 Å². The number of aromatic nitrogens is 1. The van der Waals surface area contributed by atoms with E-state index in [-0.39, 0.29) is 11.8 Å². The maximum Gasteiger partial charge on any atom is 0.162 e. The van der Waals surface area contributed by atoms with Crippen LogP contribution in [0.1, 0.15) is 49.7 Å². The van der Waals surface area contributed by atoms with E-state index < -0.39 is 0 Å². The van der Waals surface area contributed by atoms with Crippen LogP contribution in [0.25, 0.3) is 0 Å². The van der Waals surface area contributed by atoms with Crippen molar-refractivity contribution in [2.45, 2.75) is 45.7 Å². The molecular formula is C18H24N2O3. The number of para-hydroxylation sites is 1. The Kier molecular flexibility index (Phi) is 4.86. The van der Waals surface area contributed by atoms with Crippen LogP contribution in [-0.2, 0) is 13.0 Å². The summed E-state index contributed by atoms with van der Waals surface area (Å²) >= 11 is 0. The van der Waals surface area contributed by atoms with Gasteiger partial charge in [-0.25, -0.2) is 0 Å². The van der Waals surface area contributed by atoms with Crippen LogP contribution < -0.4 is 4.74 Å². The van der Waals surface area contributed by atoms with E-state index in [9.17, 15) is 5.11 Å². The first kappa shape index (κ1) is 15.9. The molecule has 0 aliphatic carbocycles. The van der Waals surface area contributed by atoms with Gasteiger partial charge in [0.25, 0.3) is 0 Å². The zero-order valence-electron chi connectivity index (χ0n) is 13.8. The molecule has 2 heterocycles. The van der Waals surface area contributed by atoms with Gasteiger partial charge >= 0.3 is 0 Å². The quantitative estimate of drug-likeness (QED) is 0.881. The van der Waals surface area contributed by atoms with E-state index in [0.717, 1.165) is 42.8 Å². The average Bonchev–Trinajstić information content (AvgIpc) is 3.20. The summed E-state index contributed by atoms with van der Waals surface area (Å²) in [5.74, 6) is 1.72. The van der Waals surface area contributed by atoms with Gasteiger partial charge in [0.1, 0.15) is 0 Å². The zero-order chi connectivity index (χ0) is 16.2. The van der Waals surface area contributed by atoms with E-state index in [4.69, 9.17) is 9.26 Å². The summed E-state index contributed by atoms with van der Waals surface area (Å²) in [7, 11) is 0. The Hall–Kier alpha value is -2.01. The van der Waals surface area contributed by atoms with E-state index >= 15 is 0 Å². The second-order valence-electron chi connectivity index (χ2n) is 5.90. The largest absolute Gasteiger partial charge is 0.504 e. The Morgan fingerprint density at radius 3 is 3.00 bits per heavy atom. The summed E-state index contributed by atoms with van der Waals surface area (Å²) < 4.78 is 11.0. The lowest BCUT2D eigenvalue weighted by molar-refractivity contribution is 0.203. The molecule has 1 fully saturated rings. The third kappa shape index (κ3) is 3.34. The fourth-order valence-electron chi connectivity index (χ4n) is 3.18. The maximum atomic E-state index is 10.4. The third-order valence-electron chi connectivity index (χ3n) is 4.39. The van der Waals surface area contributed by atoms with Crippen LogP contribution in [0.5, 0.6) is 11.5 Å². The highest BCUT2D eigenvalue weighted by Crippen LogP contribution is 2.37. The van der Waals surface area contributed by atoms with E-state index in [1.165, 1.54) is 0 Å². The van der Waals surface area contributed by atoms with Gasteiger partial charge in [-0.2, -0.15) is 0 Å². The number of phenols is 1. The molecule has 0 radical (unpaired) electrons. The predicted octanol–water partition coefficient (Wildman–Crippen LogP) is 3.68. The van der Waals surface area contributed by atoms with E-state index in [0.29, 0.717) is 18.9 Å². The number of benzene rings is 1. The molecule has 0 amide bonds. The van der Waals surface area contributed by atoms with Gasteiger partial charge in [0, 0.05) is 18.2 Å². The van der Waals surface area contributed by atoms with Crippen molar-refractivity contribution in [3.8, 4) is 11.5 Å². The summed E-state index contributed by atoms with van der Waals surface area (Å²) in [4.78, 5) is 2.34. The first-order chi connectivity index (χ1) is 11.2. The van der Waals surface area contributed by atoms with E-state index in [1.807, 2.05) is 19.1 Å². The summed E-state index contributed by atoms with van der Waals surface area (Å²) in [6.45, 7) is 6.20. The molecule has 1 N–H and O–H groups in total. The molecule has 1 aliphatic rings. The normalized spacial score (nSPS) is 18.4. The highest BCUT2D eigenvalue weighted by molar-refractivity contribution is 5.45. The monoisotopic (exact) mass is 316 g/mol. The van der Waals surface area contributed by atoms with Gasteiger partial charge < -0.3 is 14.4 Å². The number of rotatable bonds is 6. The summed E-state index contributed by atoms with van der Waals surface area (Å²) in [6, 6.07) is 7.96. The standard InChI is InChI=1S/C18H24N2O3/c1-3-14-11-17(23-19-14)15-8-6-10-20(15)12-13-7-5-9-16(18(13)21)22-4-2/h5,7,9,11,15,21H,3-4,6,8,10,12H2,1-2H3. The molecule has 0 bridgehead atoms. The van der Waals surface area contributed by atoms with Crippen molar-refractivity contribution in [2.75, 3.05) is 13.2 Å². The highest BCUT2D eigenvalue weighted by Gasteiger charge is 2.30. The van der Waals surface area contributed by atoms with E-state index in [2.05, 4.69) is 23.0 Å². The molecule has 5 heteroatoms. The molecular weight excluding hydrogens is 292 g/mol. The minimum atomic E-state index is 0.234. The Morgan fingerprint density at radius 1 is 1.39 bits per heavy atom. The van der Waals surface area contributed by atoms with Crippen molar-refractivity contribution in [1.29, 1.82) is 0 Å². The Balaban J connectivity index is 1.77. The molecule has 3 rings (SSSR count). The summed E-state index contributed by atoms with van der Waals surface area (Å²) in [5.41, 5.74) is 1.88. The van der Waals surface area contributed by atoms with Gasteiger partial charge in [-0.3, -0.25) is 4.90 Å². The van der Waals surface area contributed by atoms with Gasteiger partial charge in [-0.05, 0) is 38.8 Å². The third-order valence-corrected chi connectivity index (χ3v) is 4.39. The lowest BCUT2D eigenvalue weighted by Gasteiger charge is -2.23. The molecule has 0 saturated carbocycles. The van der Waals surface area contributed by atoms with Gasteiger partial charge in [-0.1, -0.05) is 24.2 Å². The number of hydrogen-bond acceptors (Lipinski definition) is 5. The fourth-order valence-corrected chi connectivity index (χ4v) is 3.18. The average molecular weight is 316 g/mol. The molecule has 1 atom stereocenters. The van der Waals surface area contributed by atoms with Crippen LogP contribution in [0, 0.1) is 0 Å². The number of likely N-dealkylation sites (tertiary alicyclic amines) is 1. The lowest BCUT2D eigenvalue weighted by atomic mass is 10.1. The van der Waals surface area contributed by atoms with Crippen LogP contribution in [0.15, 0.2) is 28.8 Å². The van der Waals surface area contributed by atoms with Crippen molar-refractivity contribution in [3.63, 3.8) is 0 Å². The smallest absolute Gasteiger partial charge is 0.162 e. The van der Waals surface area contributed by atoms with Gasteiger partial charge in [0.2, 0.25) is 0 Å². The van der Waals surface area contributed by atoms with E-state index in [1.54, 1.807) is 6.07 Å². The topological polar surface area (TPSA) is 58.7 Å². The molecule has 2 aromatic rings. The van der Waals surface area contributed by atoms with Crippen molar-refractivity contribution in [1.82, 2.24) is 10.1 Å². The number of aromatic hydroxyl groups is 1. The number of ether oxygens (including phenoxy) is 1. The van der Waals surface area contributed by atoms with Crippen LogP contribution in [-0.4, -0.2) is 28.3 Å². The van der Waals surface area contributed by atoms with Crippen molar-refractivity contribution in [2.24, 2.45) is 0 Å². The Bertz CT molecular complexity index is 653. The number of phenolic OH excluding ortho intramolecular Hbond substituents is 1. The summed E-state index contributed by atoms with van der Waals surface area (Å²) in [6.07, 6.45) is 3.07. The molecule has 5 nitrogen and oxygen atoms in total. The van der Waals surface area contributed by atoms with Gasteiger partial charge in [0.05, 0.1) is 18.3 Å². The summed E-state index contributed by atoms with van der Waals surface area (Å²) in [5, 5.41) is 14.5. The second kappa shape index (κ2) is 7.04. The maximum absolute atomic E-state index is 10.4. The van der Waals surface area contributed by atoms with Crippen LogP contribution in [0.3, 0.4) is 0 Å². The lowest BCUT2D eigenvalue weighted by Crippen LogP contribution is -2.22. The highest BCUT2D eigenvalue weighted by atomic mass is 16.5. The molecule has 1 unspecified atom stereocenters. The molecule has 1 aromatic carbocycles. The first-order valence-electron chi connectivity index (χ1n) is 8.36. The molecule has 1 aromatic heterocycles. The molecule has 1 saturated heterocycles. The molecule has 0 spiro atoms. The molecule has 1 aliphatic heterocycles. The number of aryl methyl sites for hydroxylation is 1.